The van der Waals surface area contributed by atoms with Crippen molar-refractivity contribution >= 4 is 5.91 Å². The average Bonchev–Trinajstić information content (AvgIpc) is 2.91. The summed E-state index contributed by atoms with van der Waals surface area (Å²) in [5, 5.41) is 0. The maximum atomic E-state index is 12.3. The third-order valence-corrected chi connectivity index (χ3v) is 5.54. The lowest BCUT2D eigenvalue weighted by Gasteiger charge is -2.27. The van der Waals surface area contributed by atoms with Gasteiger partial charge in [-0.15, -0.1) is 0 Å². The smallest absolute Gasteiger partial charge is 0.227 e. The van der Waals surface area contributed by atoms with Gasteiger partial charge in [0.05, 0.1) is 12.5 Å². The van der Waals surface area contributed by atoms with E-state index in [1.165, 1.54) is 11.3 Å². The summed E-state index contributed by atoms with van der Waals surface area (Å²) in [6.45, 7) is 10.6. The molecule has 1 unspecified atom stereocenters. The fourth-order valence-electron chi connectivity index (χ4n) is 4.73. The van der Waals surface area contributed by atoms with Crippen molar-refractivity contribution < 1.29 is 9.53 Å². The number of amides is 1. The molecule has 3 rings (SSSR count). The topological polar surface area (TPSA) is 57.2 Å². The Kier molecular flexibility index (Phi) is 3.55. The highest BCUT2D eigenvalue weighted by Gasteiger charge is 2.52. The van der Waals surface area contributed by atoms with Crippen molar-refractivity contribution in [2.24, 2.45) is 5.73 Å². The number of fused-ring (bicyclic) bond motifs is 1. The molecule has 1 atom stereocenters. The first-order chi connectivity index (χ1) is 11.1. The number of carbonyl (C=O) groups excluding carboxylic acids is 1. The second kappa shape index (κ2) is 5.13. The van der Waals surface area contributed by atoms with Crippen molar-refractivity contribution in [3.63, 3.8) is 0 Å². The third-order valence-electron chi connectivity index (χ3n) is 5.54. The minimum atomic E-state index is -0.620. The van der Waals surface area contributed by atoms with E-state index in [2.05, 4.69) is 32.3 Å². The number of primary amides is 1. The highest BCUT2D eigenvalue weighted by molar-refractivity contribution is 5.89. The van der Waals surface area contributed by atoms with Crippen LogP contribution in [-0.4, -0.2) is 17.6 Å². The molecule has 0 radical (unpaired) electrons. The van der Waals surface area contributed by atoms with Gasteiger partial charge >= 0.3 is 0 Å². The number of benzene rings is 1. The Morgan fingerprint density at radius 3 is 2.12 bits per heavy atom. The summed E-state index contributed by atoms with van der Waals surface area (Å²) in [6, 6.07) is 8.00. The van der Waals surface area contributed by atoms with Crippen molar-refractivity contribution in [2.75, 3.05) is 7.11 Å². The molecule has 0 fully saturated rings. The molecule has 0 saturated carbocycles. The standard InChI is InChI=1S/C20H26N2O2/c1-12-16-17(20(5,18(21)23)11-19(16,3)4)13(2)22(12)14-7-9-15(24-6)10-8-14/h7-10H,11H2,1-6H3,(H2,21,23). The average molecular weight is 326 g/mol. The van der Waals surface area contributed by atoms with Gasteiger partial charge in [-0.3, -0.25) is 4.79 Å². The van der Waals surface area contributed by atoms with E-state index in [0.29, 0.717) is 0 Å². The summed E-state index contributed by atoms with van der Waals surface area (Å²) in [6.07, 6.45) is 0.755. The van der Waals surface area contributed by atoms with Crippen LogP contribution in [0.25, 0.3) is 5.69 Å². The van der Waals surface area contributed by atoms with Gasteiger partial charge < -0.3 is 15.0 Å². The molecule has 1 aromatic carbocycles. The number of hydrogen-bond donors (Lipinski definition) is 1. The van der Waals surface area contributed by atoms with Crippen LogP contribution in [0.1, 0.15) is 49.7 Å². The van der Waals surface area contributed by atoms with Crippen molar-refractivity contribution in [1.29, 1.82) is 0 Å². The summed E-state index contributed by atoms with van der Waals surface area (Å²) in [5.74, 6) is 0.584. The molecule has 1 aromatic heterocycles. The Balaban J connectivity index is 2.27. The molecule has 1 heterocycles. The Morgan fingerprint density at radius 1 is 1.08 bits per heavy atom. The predicted octanol–water partition coefficient (Wildman–Crippen LogP) is 3.53. The van der Waals surface area contributed by atoms with Crippen molar-refractivity contribution in [3.05, 3.63) is 46.8 Å². The number of methoxy groups -OCH3 is 1. The van der Waals surface area contributed by atoms with Crippen LogP contribution in [0.3, 0.4) is 0 Å². The van der Waals surface area contributed by atoms with Gasteiger partial charge in [0.25, 0.3) is 0 Å². The molecule has 128 valence electrons. The number of ether oxygens (including phenoxy) is 1. The SMILES string of the molecule is COc1ccc(-n2c(C)c3c(c2C)C(C)(C(N)=O)CC3(C)C)cc1. The van der Waals surface area contributed by atoms with Crippen molar-refractivity contribution in [1.82, 2.24) is 4.57 Å². The van der Waals surface area contributed by atoms with Gasteiger partial charge in [0.15, 0.2) is 0 Å². The summed E-state index contributed by atoms with van der Waals surface area (Å²) < 4.78 is 7.48. The van der Waals surface area contributed by atoms with Gasteiger partial charge in [0.2, 0.25) is 5.91 Å². The predicted molar refractivity (Wildman–Crippen MR) is 96.0 cm³/mol. The van der Waals surface area contributed by atoms with E-state index in [9.17, 15) is 4.79 Å². The number of hydrogen-bond acceptors (Lipinski definition) is 2. The summed E-state index contributed by atoms with van der Waals surface area (Å²) >= 11 is 0. The number of rotatable bonds is 3. The minimum absolute atomic E-state index is 0.0777. The lowest BCUT2D eigenvalue weighted by molar-refractivity contribution is -0.123. The van der Waals surface area contributed by atoms with Crippen LogP contribution in [0.15, 0.2) is 24.3 Å². The number of carbonyl (C=O) groups is 1. The van der Waals surface area contributed by atoms with E-state index in [-0.39, 0.29) is 11.3 Å². The van der Waals surface area contributed by atoms with E-state index in [4.69, 9.17) is 10.5 Å². The van der Waals surface area contributed by atoms with Gasteiger partial charge in [0.1, 0.15) is 5.75 Å². The molecular formula is C20H26N2O2. The third kappa shape index (κ3) is 2.09. The summed E-state index contributed by atoms with van der Waals surface area (Å²) in [7, 11) is 1.66. The number of aromatic nitrogens is 1. The van der Waals surface area contributed by atoms with E-state index < -0.39 is 5.41 Å². The molecule has 24 heavy (non-hydrogen) atoms. The maximum Gasteiger partial charge on any atom is 0.227 e. The molecule has 1 aliphatic rings. The fourth-order valence-corrected chi connectivity index (χ4v) is 4.73. The Labute approximate surface area is 143 Å². The zero-order valence-electron chi connectivity index (χ0n) is 15.4. The minimum Gasteiger partial charge on any atom is -0.497 e. The maximum absolute atomic E-state index is 12.3. The van der Waals surface area contributed by atoms with Crippen LogP contribution in [0.5, 0.6) is 5.75 Å². The highest BCUT2D eigenvalue weighted by Crippen LogP contribution is 2.53. The largest absolute Gasteiger partial charge is 0.497 e. The summed E-state index contributed by atoms with van der Waals surface area (Å²) in [4.78, 5) is 12.3. The van der Waals surface area contributed by atoms with Gasteiger partial charge in [-0.2, -0.15) is 0 Å². The molecule has 1 aliphatic carbocycles. The Hall–Kier alpha value is -2.23. The molecule has 4 heteroatoms. The summed E-state index contributed by atoms with van der Waals surface area (Å²) in [5.41, 5.74) is 10.8. The molecule has 4 nitrogen and oxygen atoms in total. The molecule has 1 amide bonds. The quantitative estimate of drug-likeness (QED) is 0.938. The molecule has 0 saturated heterocycles. The Bertz CT molecular complexity index is 815. The molecule has 2 aromatic rings. The fraction of sp³-hybridized carbons (Fsp3) is 0.450. The van der Waals surface area contributed by atoms with E-state index in [0.717, 1.165) is 29.1 Å². The van der Waals surface area contributed by atoms with Gasteiger partial charge in [0, 0.05) is 17.1 Å². The van der Waals surface area contributed by atoms with Crippen LogP contribution >= 0.6 is 0 Å². The number of nitrogens with two attached hydrogens (primary N) is 1. The molecule has 2 N–H and O–H groups in total. The van der Waals surface area contributed by atoms with Crippen LogP contribution in [0.4, 0.5) is 0 Å². The number of nitrogens with zero attached hydrogens (tertiary/aromatic N) is 1. The van der Waals surface area contributed by atoms with Crippen LogP contribution in [0.2, 0.25) is 0 Å². The van der Waals surface area contributed by atoms with Gasteiger partial charge in [-0.05, 0) is 68.0 Å². The van der Waals surface area contributed by atoms with E-state index in [1.807, 2.05) is 31.2 Å². The second-order valence-electron chi connectivity index (χ2n) is 7.71. The van der Waals surface area contributed by atoms with Crippen LogP contribution < -0.4 is 10.5 Å². The Morgan fingerprint density at radius 2 is 1.62 bits per heavy atom. The molecule has 0 aliphatic heterocycles. The van der Waals surface area contributed by atoms with Crippen molar-refractivity contribution in [3.8, 4) is 11.4 Å². The molecule has 0 bridgehead atoms. The van der Waals surface area contributed by atoms with Gasteiger partial charge in [-0.1, -0.05) is 13.8 Å². The highest BCUT2D eigenvalue weighted by atomic mass is 16.5. The first kappa shape index (κ1) is 16.6. The van der Waals surface area contributed by atoms with Gasteiger partial charge in [-0.25, -0.2) is 0 Å². The first-order valence-corrected chi connectivity index (χ1v) is 8.30. The van der Waals surface area contributed by atoms with Crippen LogP contribution in [-0.2, 0) is 15.6 Å². The first-order valence-electron chi connectivity index (χ1n) is 8.30. The van der Waals surface area contributed by atoms with Crippen LogP contribution in [0, 0.1) is 13.8 Å². The zero-order valence-corrected chi connectivity index (χ0v) is 15.4. The molecule has 0 spiro atoms. The second-order valence-corrected chi connectivity index (χ2v) is 7.71. The lowest BCUT2D eigenvalue weighted by Crippen LogP contribution is -2.38. The van der Waals surface area contributed by atoms with E-state index >= 15 is 0 Å². The van der Waals surface area contributed by atoms with Crippen molar-refractivity contribution in [2.45, 2.75) is 51.9 Å². The normalized spacial score (nSPS) is 21.6. The monoisotopic (exact) mass is 326 g/mol. The van der Waals surface area contributed by atoms with E-state index in [1.54, 1.807) is 7.11 Å². The lowest BCUT2D eigenvalue weighted by atomic mass is 9.79. The molecular weight excluding hydrogens is 300 g/mol. The zero-order chi connectivity index (χ0) is 17.9.